The number of benzene rings is 1. The summed E-state index contributed by atoms with van der Waals surface area (Å²) in [7, 11) is 0. The first-order valence-corrected chi connectivity index (χ1v) is 2.79. The summed E-state index contributed by atoms with van der Waals surface area (Å²) in [4.78, 5) is 0. The Morgan fingerprint density at radius 1 is 1.56 bits per heavy atom. The molecule has 0 saturated carbocycles. The Hall–Kier alpha value is -1.02. The van der Waals surface area contributed by atoms with Crippen molar-refractivity contribution in [3.05, 3.63) is 29.8 Å². The predicted molar refractivity (Wildman–Crippen MR) is 37.6 cm³/mol. The Morgan fingerprint density at radius 3 is 2.78 bits per heavy atom. The van der Waals surface area contributed by atoms with E-state index in [2.05, 4.69) is 6.07 Å². The highest BCUT2D eigenvalue weighted by molar-refractivity contribution is 5.39. The molecular weight excluding hydrogens is 112 g/mol. The molecule has 0 aliphatic heterocycles. The molecule has 9 heavy (non-hydrogen) atoms. The van der Waals surface area contributed by atoms with Gasteiger partial charge in [-0.2, -0.15) is 0 Å². The molecular formula is C7H9N2. The summed E-state index contributed by atoms with van der Waals surface area (Å²) in [5.74, 6) is 0. The quantitative estimate of drug-likeness (QED) is 0.532. The van der Waals surface area contributed by atoms with Crippen molar-refractivity contribution in [2.45, 2.75) is 6.54 Å². The molecule has 4 N–H and O–H groups in total. The highest BCUT2D eigenvalue weighted by atomic mass is 14.6. The van der Waals surface area contributed by atoms with E-state index in [0.717, 1.165) is 11.3 Å². The lowest BCUT2D eigenvalue weighted by Gasteiger charge is -1.94. The third-order valence-corrected chi connectivity index (χ3v) is 1.11. The lowest BCUT2D eigenvalue weighted by atomic mass is 10.2. The molecule has 0 bridgehead atoms. The summed E-state index contributed by atoms with van der Waals surface area (Å²) in [5, 5.41) is 0. The molecule has 0 aliphatic rings. The molecule has 2 heteroatoms. The van der Waals surface area contributed by atoms with E-state index in [1.807, 2.05) is 6.07 Å². The number of hydrogen-bond acceptors (Lipinski definition) is 2. The van der Waals surface area contributed by atoms with Crippen LogP contribution in [0, 0.1) is 6.07 Å². The van der Waals surface area contributed by atoms with Gasteiger partial charge in [0.15, 0.2) is 0 Å². The van der Waals surface area contributed by atoms with Gasteiger partial charge in [-0.05, 0) is 23.8 Å². The number of hydrogen-bond donors (Lipinski definition) is 2. The van der Waals surface area contributed by atoms with Gasteiger partial charge in [-0.15, -0.1) is 0 Å². The van der Waals surface area contributed by atoms with Crippen LogP contribution in [0.1, 0.15) is 5.56 Å². The summed E-state index contributed by atoms with van der Waals surface area (Å²) in [6, 6.07) is 8.34. The Morgan fingerprint density at radius 2 is 2.33 bits per heavy atom. The van der Waals surface area contributed by atoms with Crippen LogP contribution in [0.3, 0.4) is 0 Å². The maximum Gasteiger partial charge on any atom is 0.0317 e. The van der Waals surface area contributed by atoms with Crippen LogP contribution in [0.5, 0.6) is 0 Å². The lowest BCUT2D eigenvalue weighted by Crippen LogP contribution is -1.96. The van der Waals surface area contributed by atoms with E-state index in [9.17, 15) is 0 Å². The van der Waals surface area contributed by atoms with Crippen molar-refractivity contribution in [3.63, 3.8) is 0 Å². The topological polar surface area (TPSA) is 52.0 Å². The van der Waals surface area contributed by atoms with Gasteiger partial charge in [0.05, 0.1) is 0 Å². The summed E-state index contributed by atoms with van der Waals surface area (Å²) in [6.07, 6.45) is 0. The lowest BCUT2D eigenvalue weighted by molar-refractivity contribution is 1.07. The monoisotopic (exact) mass is 121 g/mol. The highest BCUT2D eigenvalue weighted by Gasteiger charge is 1.87. The van der Waals surface area contributed by atoms with E-state index in [0.29, 0.717) is 6.54 Å². The van der Waals surface area contributed by atoms with E-state index < -0.39 is 0 Å². The van der Waals surface area contributed by atoms with Crippen molar-refractivity contribution in [2.75, 3.05) is 5.73 Å². The van der Waals surface area contributed by atoms with Gasteiger partial charge in [0.25, 0.3) is 0 Å². The minimum absolute atomic E-state index is 0.505. The number of nitrogens with two attached hydrogens (primary N) is 2. The van der Waals surface area contributed by atoms with Crippen molar-refractivity contribution >= 4 is 5.69 Å². The molecule has 0 aromatic heterocycles. The molecule has 47 valence electrons. The molecule has 0 fully saturated rings. The molecule has 1 radical (unpaired) electrons. The summed E-state index contributed by atoms with van der Waals surface area (Å²) >= 11 is 0. The van der Waals surface area contributed by atoms with E-state index in [4.69, 9.17) is 11.5 Å². The number of nitrogen functional groups attached to an aromatic ring is 1. The fourth-order valence-electron chi connectivity index (χ4n) is 0.654. The SMILES string of the molecule is NCc1[c]ccc(N)c1. The third-order valence-electron chi connectivity index (χ3n) is 1.11. The zero-order chi connectivity index (χ0) is 6.69. The van der Waals surface area contributed by atoms with Crippen molar-refractivity contribution in [3.8, 4) is 0 Å². The first kappa shape index (κ1) is 6.11. The Labute approximate surface area is 54.5 Å². The molecule has 0 spiro atoms. The maximum atomic E-state index is 5.46. The predicted octanol–water partition coefficient (Wildman–Crippen LogP) is 0.528. The van der Waals surface area contributed by atoms with E-state index in [-0.39, 0.29) is 0 Å². The van der Waals surface area contributed by atoms with Gasteiger partial charge < -0.3 is 11.5 Å². The van der Waals surface area contributed by atoms with Gasteiger partial charge in [-0.25, -0.2) is 0 Å². The van der Waals surface area contributed by atoms with Gasteiger partial charge in [0, 0.05) is 12.2 Å². The molecule has 0 amide bonds. The molecule has 0 heterocycles. The van der Waals surface area contributed by atoms with Crippen molar-refractivity contribution in [1.29, 1.82) is 0 Å². The largest absolute Gasteiger partial charge is 0.399 e. The van der Waals surface area contributed by atoms with E-state index in [1.165, 1.54) is 0 Å². The number of anilines is 1. The zero-order valence-corrected chi connectivity index (χ0v) is 5.09. The molecule has 1 aromatic rings. The molecule has 1 aromatic carbocycles. The third kappa shape index (κ3) is 1.44. The van der Waals surface area contributed by atoms with Crippen LogP contribution in [0.4, 0.5) is 5.69 Å². The minimum atomic E-state index is 0.505. The van der Waals surface area contributed by atoms with Gasteiger partial charge in [-0.3, -0.25) is 0 Å². The molecule has 0 unspecified atom stereocenters. The fraction of sp³-hybridized carbons (Fsp3) is 0.143. The van der Waals surface area contributed by atoms with Crippen LogP contribution >= 0.6 is 0 Å². The summed E-state index contributed by atoms with van der Waals surface area (Å²) in [5.41, 5.74) is 12.5. The Kier molecular flexibility index (Phi) is 1.70. The van der Waals surface area contributed by atoms with Crippen LogP contribution in [0.25, 0.3) is 0 Å². The minimum Gasteiger partial charge on any atom is -0.399 e. The van der Waals surface area contributed by atoms with Crippen LogP contribution in [0.15, 0.2) is 18.2 Å². The van der Waals surface area contributed by atoms with Crippen LogP contribution in [-0.4, -0.2) is 0 Å². The molecule has 2 nitrogen and oxygen atoms in total. The normalized spacial score (nSPS) is 9.44. The standard InChI is InChI=1S/C7H9N2/c8-5-6-2-1-3-7(9)4-6/h1,3-4H,5,8-9H2. The second-order valence-corrected chi connectivity index (χ2v) is 1.85. The van der Waals surface area contributed by atoms with E-state index >= 15 is 0 Å². The van der Waals surface area contributed by atoms with Crippen LogP contribution < -0.4 is 11.5 Å². The van der Waals surface area contributed by atoms with Gasteiger partial charge in [-0.1, -0.05) is 6.07 Å². The molecule has 1 rings (SSSR count). The van der Waals surface area contributed by atoms with Crippen LogP contribution in [-0.2, 0) is 6.54 Å². The first-order valence-electron chi connectivity index (χ1n) is 2.79. The molecule has 0 aliphatic carbocycles. The Bertz CT molecular complexity index is 196. The van der Waals surface area contributed by atoms with Gasteiger partial charge in [0.1, 0.15) is 0 Å². The average molecular weight is 121 g/mol. The van der Waals surface area contributed by atoms with E-state index in [1.54, 1.807) is 12.1 Å². The smallest absolute Gasteiger partial charge is 0.0317 e. The first-order chi connectivity index (χ1) is 4.33. The van der Waals surface area contributed by atoms with Crippen molar-refractivity contribution in [2.24, 2.45) is 5.73 Å². The van der Waals surface area contributed by atoms with Gasteiger partial charge in [0.2, 0.25) is 0 Å². The Balaban J connectivity index is 2.94. The van der Waals surface area contributed by atoms with Crippen molar-refractivity contribution < 1.29 is 0 Å². The average Bonchev–Trinajstić information content (AvgIpc) is 1.88. The zero-order valence-electron chi connectivity index (χ0n) is 5.09. The summed E-state index contributed by atoms with van der Waals surface area (Å²) in [6.45, 7) is 0.505. The fourth-order valence-corrected chi connectivity index (χ4v) is 0.654. The maximum absolute atomic E-state index is 5.46. The van der Waals surface area contributed by atoms with Crippen LogP contribution in [0.2, 0.25) is 0 Å². The second kappa shape index (κ2) is 2.51. The second-order valence-electron chi connectivity index (χ2n) is 1.85. The highest BCUT2D eigenvalue weighted by Crippen LogP contribution is 2.03. The summed E-state index contributed by atoms with van der Waals surface area (Å²) < 4.78 is 0. The van der Waals surface area contributed by atoms with Crippen molar-refractivity contribution in [1.82, 2.24) is 0 Å². The van der Waals surface area contributed by atoms with Gasteiger partial charge >= 0.3 is 0 Å². The molecule has 0 saturated heterocycles. The number of rotatable bonds is 1. The molecule has 0 atom stereocenters.